The summed E-state index contributed by atoms with van der Waals surface area (Å²) < 4.78 is 27.1. The second-order valence-electron chi connectivity index (χ2n) is 5.38. The average Bonchev–Trinajstić information content (AvgIpc) is 2.83. The van der Waals surface area contributed by atoms with Gasteiger partial charge in [-0.25, -0.2) is 18.4 Å². The lowest BCUT2D eigenvalue weighted by Crippen LogP contribution is -2.28. The first-order chi connectivity index (χ1) is 10.7. The number of anilines is 2. The molecule has 9 heteroatoms. The maximum atomic E-state index is 12.2. The summed E-state index contributed by atoms with van der Waals surface area (Å²) in [6.07, 6.45) is 0.0992. The van der Waals surface area contributed by atoms with Crippen LogP contribution in [0.15, 0.2) is 18.2 Å². The fourth-order valence-electron chi connectivity index (χ4n) is 2.67. The Morgan fingerprint density at radius 1 is 1.48 bits per heavy atom. The van der Waals surface area contributed by atoms with Gasteiger partial charge in [-0.3, -0.25) is 4.79 Å². The summed E-state index contributed by atoms with van der Waals surface area (Å²) in [7, 11) is -0.678. The Balaban J connectivity index is 2.33. The summed E-state index contributed by atoms with van der Waals surface area (Å²) >= 11 is 0. The fourth-order valence-corrected chi connectivity index (χ4v) is 3.55. The van der Waals surface area contributed by atoms with E-state index in [1.807, 2.05) is 0 Å². The smallest absolute Gasteiger partial charge is 0.337 e. The van der Waals surface area contributed by atoms with E-state index in [0.717, 1.165) is 0 Å². The quantitative estimate of drug-likeness (QED) is 0.736. The molecule has 0 bridgehead atoms. The average molecular weight is 341 g/mol. The minimum Gasteiger partial charge on any atom is -0.465 e. The molecule has 1 aliphatic rings. The van der Waals surface area contributed by atoms with Gasteiger partial charge in [0.25, 0.3) is 0 Å². The molecule has 8 nitrogen and oxygen atoms in total. The van der Waals surface area contributed by atoms with Crippen LogP contribution in [0, 0.1) is 5.92 Å². The van der Waals surface area contributed by atoms with Crippen LogP contribution in [0.1, 0.15) is 16.8 Å². The number of amides is 1. The normalized spacial score (nSPS) is 18.1. The van der Waals surface area contributed by atoms with Gasteiger partial charge in [0.05, 0.1) is 29.8 Å². The number of nitrogens with zero attached hydrogens (tertiary/aromatic N) is 1. The summed E-state index contributed by atoms with van der Waals surface area (Å²) in [6, 6.07) is 4.81. The predicted octanol–water partition coefficient (Wildman–Crippen LogP) is 0.156. The summed E-state index contributed by atoms with van der Waals surface area (Å²) in [4.78, 5) is 25.4. The van der Waals surface area contributed by atoms with Crippen molar-refractivity contribution in [1.29, 1.82) is 0 Å². The number of nitrogens with one attached hydrogen (secondary N) is 1. The molecule has 2 rings (SSSR count). The molecule has 0 aliphatic carbocycles. The van der Waals surface area contributed by atoms with Crippen molar-refractivity contribution in [2.45, 2.75) is 6.42 Å². The Labute approximate surface area is 134 Å². The summed E-state index contributed by atoms with van der Waals surface area (Å²) in [5.74, 6) is -1.34. The molecule has 1 unspecified atom stereocenters. The number of carbonyl (C=O) groups is 2. The van der Waals surface area contributed by atoms with Gasteiger partial charge in [-0.2, -0.15) is 0 Å². The highest BCUT2D eigenvalue weighted by atomic mass is 32.2. The van der Waals surface area contributed by atoms with Gasteiger partial charge in [-0.05, 0) is 18.2 Å². The fraction of sp³-hybridized carbons (Fsp3) is 0.429. The number of methoxy groups -OCH3 is 1. The molecule has 1 aliphatic heterocycles. The predicted molar refractivity (Wildman–Crippen MR) is 85.8 cm³/mol. The zero-order valence-electron chi connectivity index (χ0n) is 12.9. The second-order valence-corrected chi connectivity index (χ2v) is 7.04. The van der Waals surface area contributed by atoms with Gasteiger partial charge in [-0.15, -0.1) is 0 Å². The third-order valence-electron chi connectivity index (χ3n) is 3.65. The Kier molecular flexibility index (Phi) is 4.90. The number of hydrogen-bond donors (Lipinski definition) is 2. The molecule has 0 saturated carbocycles. The van der Waals surface area contributed by atoms with Crippen molar-refractivity contribution in [3.8, 4) is 0 Å². The molecule has 0 aromatic heterocycles. The van der Waals surface area contributed by atoms with Crippen molar-refractivity contribution < 1.29 is 22.7 Å². The maximum Gasteiger partial charge on any atom is 0.337 e. The molecular weight excluding hydrogens is 322 g/mol. The van der Waals surface area contributed by atoms with Gasteiger partial charge < -0.3 is 15.0 Å². The molecule has 1 heterocycles. The first-order valence-electron chi connectivity index (χ1n) is 6.96. The lowest BCUT2D eigenvalue weighted by atomic mass is 10.1. The van der Waals surface area contributed by atoms with Gasteiger partial charge in [0.15, 0.2) is 0 Å². The Bertz CT molecular complexity index is 732. The van der Waals surface area contributed by atoms with Gasteiger partial charge in [0.1, 0.15) is 0 Å². The first-order valence-corrected chi connectivity index (χ1v) is 8.67. The molecular formula is C14H19N3O5S. The van der Waals surface area contributed by atoms with Gasteiger partial charge in [0, 0.05) is 25.9 Å². The zero-order valence-corrected chi connectivity index (χ0v) is 13.7. The first kappa shape index (κ1) is 17.2. The van der Waals surface area contributed by atoms with E-state index in [0.29, 0.717) is 16.9 Å². The van der Waals surface area contributed by atoms with Crippen LogP contribution in [-0.4, -0.2) is 46.7 Å². The zero-order chi connectivity index (χ0) is 17.2. The summed E-state index contributed by atoms with van der Waals surface area (Å²) in [6.45, 7) is 0.231. The SMILES string of the molecule is CNc1ccc(C(=O)OC)cc1N1CC(CS(N)(=O)=O)CC1=O. The number of sulfonamides is 1. The number of rotatable bonds is 5. The highest BCUT2D eigenvalue weighted by Gasteiger charge is 2.34. The number of nitrogens with two attached hydrogens (primary N) is 1. The number of esters is 1. The molecule has 1 atom stereocenters. The Morgan fingerprint density at radius 2 is 2.17 bits per heavy atom. The van der Waals surface area contributed by atoms with E-state index in [2.05, 4.69) is 10.1 Å². The van der Waals surface area contributed by atoms with Crippen molar-refractivity contribution in [2.75, 3.05) is 36.7 Å². The van der Waals surface area contributed by atoms with Gasteiger partial charge in [0.2, 0.25) is 15.9 Å². The largest absolute Gasteiger partial charge is 0.465 e. The minimum absolute atomic E-state index is 0.0992. The van der Waals surface area contributed by atoms with E-state index in [1.54, 1.807) is 25.2 Å². The molecule has 0 spiro atoms. The van der Waals surface area contributed by atoms with Crippen molar-refractivity contribution in [2.24, 2.45) is 11.1 Å². The minimum atomic E-state index is -3.65. The van der Waals surface area contributed by atoms with E-state index in [9.17, 15) is 18.0 Å². The maximum absolute atomic E-state index is 12.2. The number of carbonyl (C=O) groups excluding carboxylic acids is 2. The van der Waals surface area contributed by atoms with Gasteiger partial charge >= 0.3 is 5.97 Å². The monoisotopic (exact) mass is 341 g/mol. The van der Waals surface area contributed by atoms with E-state index in [-0.39, 0.29) is 30.5 Å². The lowest BCUT2D eigenvalue weighted by molar-refractivity contribution is -0.117. The highest BCUT2D eigenvalue weighted by molar-refractivity contribution is 7.89. The van der Waals surface area contributed by atoms with Crippen LogP contribution in [-0.2, 0) is 19.6 Å². The Hall–Kier alpha value is -2.13. The van der Waals surface area contributed by atoms with Crippen molar-refractivity contribution in [3.05, 3.63) is 23.8 Å². The van der Waals surface area contributed by atoms with E-state index in [4.69, 9.17) is 5.14 Å². The van der Waals surface area contributed by atoms with Crippen LogP contribution in [0.2, 0.25) is 0 Å². The molecule has 1 fully saturated rings. The topological polar surface area (TPSA) is 119 Å². The van der Waals surface area contributed by atoms with Crippen molar-refractivity contribution in [1.82, 2.24) is 0 Å². The number of benzene rings is 1. The molecule has 0 radical (unpaired) electrons. The van der Waals surface area contributed by atoms with Crippen LogP contribution in [0.25, 0.3) is 0 Å². The standard InChI is InChI=1S/C14H19N3O5S/c1-16-11-4-3-10(14(19)22-2)6-12(11)17-7-9(5-13(17)18)8-23(15,20)21/h3-4,6,9,16H,5,7-8H2,1-2H3,(H2,15,20,21). The van der Waals surface area contributed by atoms with Crippen molar-refractivity contribution >= 4 is 33.3 Å². The van der Waals surface area contributed by atoms with Crippen LogP contribution < -0.4 is 15.4 Å². The third kappa shape index (κ3) is 3.99. The molecule has 1 saturated heterocycles. The third-order valence-corrected chi connectivity index (χ3v) is 4.59. The molecule has 126 valence electrons. The van der Waals surface area contributed by atoms with E-state index < -0.39 is 16.0 Å². The highest BCUT2D eigenvalue weighted by Crippen LogP contribution is 2.32. The van der Waals surface area contributed by atoms with E-state index >= 15 is 0 Å². The van der Waals surface area contributed by atoms with Crippen LogP contribution >= 0.6 is 0 Å². The molecule has 1 aromatic rings. The number of primary sulfonamides is 1. The van der Waals surface area contributed by atoms with Crippen LogP contribution in [0.4, 0.5) is 11.4 Å². The number of ether oxygens (including phenoxy) is 1. The van der Waals surface area contributed by atoms with Crippen LogP contribution in [0.3, 0.4) is 0 Å². The second kappa shape index (κ2) is 6.55. The molecule has 1 amide bonds. The summed E-state index contributed by atoms with van der Waals surface area (Å²) in [5.41, 5.74) is 1.48. The lowest BCUT2D eigenvalue weighted by Gasteiger charge is -2.21. The van der Waals surface area contributed by atoms with E-state index in [1.165, 1.54) is 12.0 Å². The molecule has 23 heavy (non-hydrogen) atoms. The Morgan fingerprint density at radius 3 is 2.74 bits per heavy atom. The number of hydrogen-bond acceptors (Lipinski definition) is 6. The van der Waals surface area contributed by atoms with Crippen molar-refractivity contribution in [3.63, 3.8) is 0 Å². The molecule has 3 N–H and O–H groups in total. The summed E-state index contributed by atoms with van der Waals surface area (Å²) in [5, 5.41) is 8.00. The van der Waals surface area contributed by atoms with Gasteiger partial charge in [-0.1, -0.05) is 0 Å². The molecule has 1 aromatic carbocycles. The van der Waals surface area contributed by atoms with Crippen LogP contribution in [0.5, 0.6) is 0 Å².